The topological polar surface area (TPSA) is 75.2 Å². The smallest absolute Gasteiger partial charge is 0.253 e. The van der Waals surface area contributed by atoms with Crippen molar-refractivity contribution < 1.29 is 24.9 Å². The van der Waals surface area contributed by atoms with Gasteiger partial charge in [-0.05, 0) is 78.8 Å². The first kappa shape index (κ1) is 31.5. The Hall–Kier alpha value is -2.48. The molecule has 7 nitrogen and oxygen atoms in total. The van der Waals surface area contributed by atoms with Crippen LogP contribution in [0.4, 0.5) is 5.69 Å². The molecule has 2 aromatic carbocycles. The van der Waals surface area contributed by atoms with E-state index in [4.69, 9.17) is 21.1 Å². The molecule has 240 valence electrons. The number of rotatable bonds is 7. The highest BCUT2D eigenvalue weighted by Gasteiger charge is 2.33. The number of quaternary nitrogens is 2. The molecule has 4 fully saturated rings. The third kappa shape index (κ3) is 7.48. The fourth-order valence-electron chi connectivity index (χ4n) is 7.72. The predicted octanol–water partition coefficient (Wildman–Crippen LogP) is 4.44. The molecule has 0 bridgehead atoms. The largest absolute Gasteiger partial charge is 0.489 e. The van der Waals surface area contributed by atoms with E-state index in [0.29, 0.717) is 29.4 Å². The number of piperazine rings is 1. The summed E-state index contributed by atoms with van der Waals surface area (Å²) in [6, 6.07) is 12.4. The minimum Gasteiger partial charge on any atom is -0.489 e. The van der Waals surface area contributed by atoms with Gasteiger partial charge in [-0.2, -0.15) is 0 Å². The summed E-state index contributed by atoms with van der Waals surface area (Å²) < 4.78 is 13.0. The van der Waals surface area contributed by atoms with Crippen LogP contribution >= 0.6 is 11.6 Å². The number of halogens is 1. The van der Waals surface area contributed by atoms with Crippen molar-refractivity contribution in [2.75, 3.05) is 57.3 Å². The fourth-order valence-corrected chi connectivity index (χ4v) is 7.88. The summed E-state index contributed by atoms with van der Waals surface area (Å²) in [5, 5.41) is 5.34. The van der Waals surface area contributed by atoms with Crippen molar-refractivity contribution in [1.29, 1.82) is 0 Å². The Kier molecular flexibility index (Phi) is 9.94. The summed E-state index contributed by atoms with van der Waals surface area (Å²) in [6.07, 6.45) is 7.79. The Labute approximate surface area is 269 Å². The molecule has 1 amide bonds. The minimum atomic E-state index is 0.0500. The lowest BCUT2D eigenvalue weighted by Gasteiger charge is -2.37. The van der Waals surface area contributed by atoms with Crippen LogP contribution in [0.2, 0.25) is 5.02 Å². The number of likely N-dealkylation sites (tertiary alicyclic amines) is 1. The molecule has 0 aromatic heterocycles. The summed E-state index contributed by atoms with van der Waals surface area (Å²) in [5.74, 6) is 3.07. The maximum absolute atomic E-state index is 13.8. The first-order valence-electron chi connectivity index (χ1n) is 17.2. The lowest BCUT2D eigenvalue weighted by molar-refractivity contribution is -0.655. The highest BCUT2D eigenvalue weighted by Crippen LogP contribution is 2.45. The Balaban J connectivity index is 1.10. The molecule has 6 rings (SSSR count). The number of anilines is 1. The molecular formula is C36H53ClN4O3+2. The van der Waals surface area contributed by atoms with Crippen LogP contribution < -0.4 is 25.0 Å². The van der Waals surface area contributed by atoms with Gasteiger partial charge in [-0.25, -0.2) is 0 Å². The molecule has 0 unspecified atom stereocenters. The van der Waals surface area contributed by atoms with Crippen molar-refractivity contribution in [3.05, 3.63) is 52.5 Å². The monoisotopic (exact) mass is 624 g/mol. The summed E-state index contributed by atoms with van der Waals surface area (Å²) in [4.78, 5) is 18.2. The van der Waals surface area contributed by atoms with Crippen molar-refractivity contribution >= 4 is 23.2 Å². The van der Waals surface area contributed by atoms with Crippen LogP contribution in [0.1, 0.15) is 87.6 Å². The van der Waals surface area contributed by atoms with Crippen LogP contribution in [0, 0.1) is 11.3 Å². The van der Waals surface area contributed by atoms with Gasteiger partial charge in [0.05, 0.1) is 37.7 Å². The molecule has 3 aliphatic heterocycles. The molecule has 0 spiro atoms. The molecule has 1 atom stereocenters. The average Bonchev–Trinajstić information content (AvgIpc) is 3.56. The quantitative estimate of drug-likeness (QED) is 0.478. The number of hydrogen-bond donors (Lipinski definition) is 2. The second kappa shape index (κ2) is 13.9. The average molecular weight is 625 g/mol. The van der Waals surface area contributed by atoms with Crippen molar-refractivity contribution in [2.45, 2.75) is 83.8 Å². The number of nitrogens with two attached hydrogens (primary N) is 2. The van der Waals surface area contributed by atoms with Gasteiger partial charge in [0.1, 0.15) is 24.1 Å². The van der Waals surface area contributed by atoms with Gasteiger partial charge in [0.25, 0.3) is 5.91 Å². The van der Waals surface area contributed by atoms with Crippen LogP contribution in [0.3, 0.4) is 0 Å². The Morgan fingerprint density at radius 2 is 1.52 bits per heavy atom. The molecule has 1 aliphatic carbocycles. The highest BCUT2D eigenvalue weighted by molar-refractivity contribution is 6.32. The van der Waals surface area contributed by atoms with E-state index in [1.54, 1.807) is 0 Å². The van der Waals surface area contributed by atoms with Gasteiger partial charge in [-0.15, -0.1) is 0 Å². The second-order valence-corrected chi connectivity index (χ2v) is 15.0. The number of benzene rings is 2. The zero-order valence-corrected chi connectivity index (χ0v) is 27.8. The van der Waals surface area contributed by atoms with E-state index in [9.17, 15) is 4.79 Å². The van der Waals surface area contributed by atoms with Crippen LogP contribution in [-0.2, 0) is 0 Å². The van der Waals surface area contributed by atoms with Crippen molar-refractivity contribution in [3.63, 3.8) is 0 Å². The number of nitrogens with zero attached hydrogens (tertiary/aromatic N) is 2. The van der Waals surface area contributed by atoms with Crippen LogP contribution in [-0.4, -0.2) is 75.4 Å². The molecule has 44 heavy (non-hydrogen) atoms. The zero-order valence-electron chi connectivity index (χ0n) is 27.0. The summed E-state index contributed by atoms with van der Waals surface area (Å²) in [6.45, 7) is 14.9. The maximum Gasteiger partial charge on any atom is 0.253 e. The molecule has 3 saturated heterocycles. The van der Waals surface area contributed by atoms with Gasteiger partial charge in [0.2, 0.25) is 0 Å². The molecule has 1 saturated carbocycles. The van der Waals surface area contributed by atoms with Crippen LogP contribution in [0.15, 0.2) is 36.4 Å². The van der Waals surface area contributed by atoms with Gasteiger partial charge < -0.3 is 29.9 Å². The molecule has 8 heteroatoms. The van der Waals surface area contributed by atoms with E-state index in [-0.39, 0.29) is 18.1 Å². The third-order valence-electron chi connectivity index (χ3n) is 10.6. The number of piperidine rings is 1. The molecule has 4 aliphatic rings. The van der Waals surface area contributed by atoms with Crippen LogP contribution in [0.25, 0.3) is 0 Å². The van der Waals surface area contributed by atoms with Crippen molar-refractivity contribution in [3.8, 4) is 11.5 Å². The third-order valence-corrected chi connectivity index (χ3v) is 10.9. The first-order valence-corrected chi connectivity index (χ1v) is 17.6. The molecule has 3 heterocycles. The van der Waals surface area contributed by atoms with E-state index in [0.717, 1.165) is 94.4 Å². The Bertz CT molecular complexity index is 1270. The lowest BCUT2D eigenvalue weighted by atomic mass is 9.68. The van der Waals surface area contributed by atoms with E-state index in [1.807, 2.05) is 17.0 Å². The van der Waals surface area contributed by atoms with E-state index >= 15 is 0 Å². The number of ether oxygens (including phenoxy) is 2. The molecule has 0 radical (unpaired) electrons. The number of carbonyl (C=O) groups is 1. The second-order valence-electron chi connectivity index (χ2n) is 14.6. The minimum absolute atomic E-state index is 0.0500. The number of hydrogen-bond acceptors (Lipinski definition) is 4. The van der Waals surface area contributed by atoms with E-state index in [2.05, 4.69) is 60.6 Å². The normalized spacial score (nSPS) is 25.2. The molecule has 4 N–H and O–H groups in total. The zero-order chi connectivity index (χ0) is 30.7. The van der Waals surface area contributed by atoms with Crippen molar-refractivity contribution in [2.24, 2.45) is 11.3 Å². The standard InChI is InChI=1S/C36H51ClN4O3/c1-36(2,3)27-7-4-25(5-8-27)31-22-26(6-11-33(31)44-30-12-15-39-24-30)35(42)41-18-13-29(14-19-41)43-34-23-28(9-10-32(34)37)40-20-16-38-17-21-40/h6,9-11,22-23,25,27,29-30,38-39H,4-5,7-8,12-21,24H2,1-3H3/p+2/t25?,27?,30-/m0/s1. The SMILES string of the molecule is CC(C)(C)C1CCC(c2cc(C(=O)N3CCC(Oc4cc(N5CC[NH2+]CC5)ccc4Cl)CC3)ccc2O[C@H]2CC[NH2+]C2)CC1. The number of carbonyl (C=O) groups excluding carboxylic acids is 1. The first-order chi connectivity index (χ1) is 21.2. The van der Waals surface area contributed by atoms with E-state index in [1.165, 1.54) is 24.1 Å². The van der Waals surface area contributed by atoms with Gasteiger partial charge in [-0.1, -0.05) is 32.4 Å². The molecule has 2 aromatic rings. The Morgan fingerprint density at radius 3 is 2.20 bits per heavy atom. The fraction of sp³-hybridized carbons (Fsp3) is 0.639. The van der Waals surface area contributed by atoms with Crippen LogP contribution in [0.5, 0.6) is 11.5 Å². The van der Waals surface area contributed by atoms with Gasteiger partial charge in [0, 0.05) is 49.7 Å². The van der Waals surface area contributed by atoms with Crippen molar-refractivity contribution in [1.82, 2.24) is 4.90 Å². The maximum atomic E-state index is 13.8. The Morgan fingerprint density at radius 1 is 0.795 bits per heavy atom. The highest BCUT2D eigenvalue weighted by atomic mass is 35.5. The summed E-state index contributed by atoms with van der Waals surface area (Å²) >= 11 is 6.56. The lowest BCUT2D eigenvalue weighted by Crippen LogP contribution is -2.89. The van der Waals surface area contributed by atoms with Gasteiger partial charge >= 0.3 is 0 Å². The van der Waals surface area contributed by atoms with Gasteiger partial charge in [-0.3, -0.25) is 4.79 Å². The van der Waals surface area contributed by atoms with Gasteiger partial charge in [0.15, 0.2) is 6.10 Å². The summed E-state index contributed by atoms with van der Waals surface area (Å²) in [5.41, 5.74) is 3.55. The van der Waals surface area contributed by atoms with E-state index < -0.39 is 0 Å². The number of amides is 1. The molecular weight excluding hydrogens is 572 g/mol. The predicted molar refractivity (Wildman–Crippen MR) is 176 cm³/mol. The summed E-state index contributed by atoms with van der Waals surface area (Å²) in [7, 11) is 0.